The number of hydrogen-bond donors (Lipinski definition) is 2. The van der Waals surface area contributed by atoms with E-state index in [1.165, 1.54) is 6.07 Å². The van der Waals surface area contributed by atoms with Crippen LogP contribution < -0.4 is 15.0 Å². The van der Waals surface area contributed by atoms with E-state index in [1.807, 2.05) is 0 Å². The highest BCUT2D eigenvalue weighted by Gasteiger charge is 2.37. The molecule has 0 bridgehead atoms. The van der Waals surface area contributed by atoms with Gasteiger partial charge in [0.25, 0.3) is 15.9 Å². The molecule has 30 heavy (non-hydrogen) atoms. The Morgan fingerprint density at radius 2 is 1.87 bits per heavy atom. The number of alkyl halides is 3. The van der Waals surface area contributed by atoms with Gasteiger partial charge in [-0.3, -0.25) is 10.2 Å². The van der Waals surface area contributed by atoms with Gasteiger partial charge >= 0.3 is 6.18 Å². The van der Waals surface area contributed by atoms with E-state index < -0.39 is 39.2 Å². The van der Waals surface area contributed by atoms with Crippen molar-refractivity contribution >= 4 is 39.1 Å². The van der Waals surface area contributed by atoms with Gasteiger partial charge in [0.2, 0.25) is 0 Å². The predicted octanol–water partition coefficient (Wildman–Crippen LogP) is 4.13. The first kappa shape index (κ1) is 24.0. The minimum atomic E-state index is -4.90. The standard InChI is InChI=1S/C18H15Cl2F3N2O4S/c1-2-5-11-8-12(19)9-14(20)17(11)29-10-16(26)24-25-30(27,28)15-7-4-3-6-13(15)18(21,22)23/h2-4,6-9,25H,1,5,10H2,(H,24,26). The number of sulfonamides is 1. The number of ether oxygens (including phenoxy) is 1. The monoisotopic (exact) mass is 482 g/mol. The number of hydrazine groups is 1. The fourth-order valence-corrected chi connectivity index (χ4v) is 4.05. The van der Waals surface area contributed by atoms with Gasteiger partial charge in [-0.2, -0.15) is 13.2 Å². The van der Waals surface area contributed by atoms with Crippen LogP contribution in [-0.4, -0.2) is 20.9 Å². The molecule has 0 aliphatic rings. The molecule has 2 N–H and O–H groups in total. The largest absolute Gasteiger partial charge is 0.482 e. The first-order chi connectivity index (χ1) is 14.0. The zero-order valence-corrected chi connectivity index (χ0v) is 17.4. The summed E-state index contributed by atoms with van der Waals surface area (Å²) < 4.78 is 68.8. The van der Waals surface area contributed by atoms with Crippen molar-refractivity contribution in [2.24, 2.45) is 0 Å². The molecule has 0 heterocycles. The molecule has 0 radical (unpaired) electrons. The lowest BCUT2D eigenvalue weighted by molar-refractivity contribution is -0.139. The average molecular weight is 483 g/mol. The third-order valence-electron chi connectivity index (χ3n) is 3.60. The van der Waals surface area contributed by atoms with Crippen LogP contribution in [0.4, 0.5) is 13.2 Å². The third kappa shape index (κ3) is 6.11. The van der Waals surface area contributed by atoms with Gasteiger partial charge in [-0.1, -0.05) is 41.4 Å². The van der Waals surface area contributed by atoms with E-state index in [-0.39, 0.29) is 10.8 Å². The Balaban J connectivity index is 2.08. The quantitative estimate of drug-likeness (QED) is 0.437. The minimum absolute atomic E-state index is 0.117. The molecular weight excluding hydrogens is 468 g/mol. The fraction of sp³-hybridized carbons (Fsp3) is 0.167. The van der Waals surface area contributed by atoms with Gasteiger partial charge in [0.15, 0.2) is 6.61 Å². The molecule has 0 aliphatic heterocycles. The van der Waals surface area contributed by atoms with Gasteiger partial charge < -0.3 is 4.74 Å². The lowest BCUT2D eigenvalue weighted by atomic mass is 10.1. The van der Waals surface area contributed by atoms with Crippen LogP contribution in [0.1, 0.15) is 11.1 Å². The van der Waals surface area contributed by atoms with Gasteiger partial charge in [0, 0.05) is 10.6 Å². The minimum Gasteiger partial charge on any atom is -0.482 e. The number of allylic oxidation sites excluding steroid dienone is 1. The van der Waals surface area contributed by atoms with E-state index >= 15 is 0 Å². The van der Waals surface area contributed by atoms with Crippen molar-refractivity contribution in [2.75, 3.05) is 6.61 Å². The molecule has 2 rings (SSSR count). The second-order valence-electron chi connectivity index (χ2n) is 5.80. The van der Waals surface area contributed by atoms with Crippen LogP contribution in [0.15, 0.2) is 53.9 Å². The van der Waals surface area contributed by atoms with Crippen LogP contribution >= 0.6 is 23.2 Å². The van der Waals surface area contributed by atoms with E-state index in [2.05, 4.69) is 6.58 Å². The highest BCUT2D eigenvalue weighted by Crippen LogP contribution is 2.34. The van der Waals surface area contributed by atoms with E-state index in [0.717, 1.165) is 18.2 Å². The normalized spacial score (nSPS) is 11.8. The molecule has 0 saturated heterocycles. The number of carbonyl (C=O) groups excluding carboxylic acids is 1. The fourth-order valence-electron chi connectivity index (χ4n) is 2.37. The molecule has 162 valence electrons. The maximum atomic E-state index is 13.0. The van der Waals surface area contributed by atoms with E-state index in [9.17, 15) is 26.4 Å². The van der Waals surface area contributed by atoms with Crippen molar-refractivity contribution in [3.05, 3.63) is 70.2 Å². The topological polar surface area (TPSA) is 84.5 Å². The Morgan fingerprint density at radius 3 is 2.50 bits per heavy atom. The van der Waals surface area contributed by atoms with Crippen LogP contribution in [0.5, 0.6) is 5.75 Å². The Kier molecular flexibility index (Phi) is 7.75. The molecule has 2 aromatic rings. The summed E-state index contributed by atoms with van der Waals surface area (Å²) in [4.78, 5) is 12.5. The number of hydrogen-bond acceptors (Lipinski definition) is 4. The second-order valence-corrected chi connectivity index (χ2v) is 8.30. The van der Waals surface area contributed by atoms with Crippen molar-refractivity contribution in [1.29, 1.82) is 0 Å². The Bertz CT molecular complexity index is 1060. The molecule has 0 spiro atoms. The molecule has 0 atom stereocenters. The lowest BCUT2D eigenvalue weighted by Gasteiger charge is -2.15. The van der Waals surface area contributed by atoms with Gasteiger partial charge in [0.1, 0.15) is 5.75 Å². The summed E-state index contributed by atoms with van der Waals surface area (Å²) in [6.45, 7) is 2.91. The number of amides is 1. The molecule has 1 amide bonds. The number of halogens is 5. The third-order valence-corrected chi connectivity index (χ3v) is 5.41. The smallest absolute Gasteiger partial charge is 0.417 e. The number of carbonyl (C=O) groups is 1. The molecule has 0 fully saturated rings. The molecule has 2 aromatic carbocycles. The highest BCUT2D eigenvalue weighted by atomic mass is 35.5. The molecule has 0 aliphatic carbocycles. The van der Waals surface area contributed by atoms with Gasteiger partial charge in [-0.25, -0.2) is 8.42 Å². The van der Waals surface area contributed by atoms with Gasteiger partial charge in [-0.15, -0.1) is 11.4 Å². The summed E-state index contributed by atoms with van der Waals surface area (Å²) in [5.74, 6) is -0.833. The zero-order valence-electron chi connectivity index (χ0n) is 15.1. The summed E-state index contributed by atoms with van der Waals surface area (Å²) in [5.41, 5.74) is 0.961. The molecule has 0 unspecified atom stereocenters. The average Bonchev–Trinajstić information content (AvgIpc) is 2.65. The van der Waals surface area contributed by atoms with Crippen LogP contribution in [0.25, 0.3) is 0 Å². The molecular formula is C18H15Cl2F3N2O4S. The number of rotatable bonds is 8. The van der Waals surface area contributed by atoms with Crippen LogP contribution in [0, 0.1) is 0 Å². The van der Waals surface area contributed by atoms with Crippen molar-refractivity contribution in [3.8, 4) is 5.75 Å². The summed E-state index contributed by atoms with van der Waals surface area (Å²) in [7, 11) is -4.70. The second kappa shape index (κ2) is 9.69. The van der Waals surface area contributed by atoms with Crippen LogP contribution in [-0.2, 0) is 27.4 Å². The Morgan fingerprint density at radius 1 is 1.20 bits per heavy atom. The van der Waals surface area contributed by atoms with Crippen LogP contribution in [0.3, 0.4) is 0 Å². The van der Waals surface area contributed by atoms with Crippen molar-refractivity contribution in [1.82, 2.24) is 10.3 Å². The summed E-state index contributed by atoms with van der Waals surface area (Å²) in [5, 5.41) is 0.455. The highest BCUT2D eigenvalue weighted by molar-refractivity contribution is 7.89. The van der Waals surface area contributed by atoms with E-state index in [0.29, 0.717) is 23.1 Å². The van der Waals surface area contributed by atoms with E-state index in [1.54, 1.807) is 22.4 Å². The SMILES string of the molecule is C=CCc1cc(Cl)cc(Cl)c1OCC(=O)NNS(=O)(=O)c1ccccc1C(F)(F)F. The van der Waals surface area contributed by atoms with E-state index in [4.69, 9.17) is 27.9 Å². The van der Waals surface area contributed by atoms with Gasteiger partial charge in [-0.05, 0) is 30.7 Å². The van der Waals surface area contributed by atoms with Gasteiger partial charge in [0.05, 0.1) is 15.5 Å². The summed E-state index contributed by atoms with van der Waals surface area (Å²) in [6, 6.07) is 6.49. The first-order valence-electron chi connectivity index (χ1n) is 8.14. The zero-order chi connectivity index (χ0) is 22.5. The Labute approximate surface area is 180 Å². The van der Waals surface area contributed by atoms with Crippen molar-refractivity contribution < 1.29 is 31.1 Å². The number of benzene rings is 2. The molecule has 12 heteroatoms. The Hall–Kier alpha value is -2.27. The van der Waals surface area contributed by atoms with Crippen molar-refractivity contribution in [2.45, 2.75) is 17.5 Å². The summed E-state index contributed by atoms with van der Waals surface area (Å²) >= 11 is 12.0. The predicted molar refractivity (Wildman–Crippen MR) is 106 cm³/mol. The summed E-state index contributed by atoms with van der Waals surface area (Å²) in [6.07, 6.45) is -3.01. The lowest BCUT2D eigenvalue weighted by Crippen LogP contribution is -2.44. The number of nitrogens with one attached hydrogen (secondary N) is 2. The maximum Gasteiger partial charge on any atom is 0.417 e. The maximum absolute atomic E-state index is 13.0. The molecule has 6 nitrogen and oxygen atoms in total. The van der Waals surface area contributed by atoms with Crippen LogP contribution in [0.2, 0.25) is 10.0 Å². The molecule has 0 saturated carbocycles. The molecule has 0 aromatic heterocycles. The first-order valence-corrected chi connectivity index (χ1v) is 10.4. The van der Waals surface area contributed by atoms with Crippen molar-refractivity contribution in [3.63, 3.8) is 0 Å².